The Morgan fingerprint density at radius 3 is 2.68 bits per heavy atom. The average Bonchev–Trinajstić information content (AvgIpc) is 3.42. The maximum absolute atomic E-state index is 13.8. The van der Waals surface area contributed by atoms with Crippen molar-refractivity contribution in [2.24, 2.45) is 5.92 Å². The van der Waals surface area contributed by atoms with Gasteiger partial charge in [-0.15, -0.1) is 0 Å². The third-order valence-corrected chi connectivity index (χ3v) is 4.84. The topological polar surface area (TPSA) is 42.3 Å². The van der Waals surface area contributed by atoms with E-state index in [9.17, 15) is 18.4 Å². The highest BCUT2D eigenvalue weighted by molar-refractivity contribution is 5.93. The summed E-state index contributed by atoms with van der Waals surface area (Å²) in [7, 11) is 1.70. The average molecular weight is 346 g/mol. The molecule has 3 rings (SSSR count). The predicted molar refractivity (Wildman–Crippen MR) is 90.4 cm³/mol. The van der Waals surface area contributed by atoms with Crippen molar-refractivity contribution in [3.8, 4) is 0 Å². The maximum Gasteiger partial charge on any atom is 0.263 e. The second-order valence-electron chi connectivity index (χ2n) is 6.58. The molecule has 0 N–H and O–H groups in total. The van der Waals surface area contributed by atoms with E-state index in [2.05, 4.69) is 0 Å². The van der Waals surface area contributed by atoms with Crippen molar-refractivity contribution in [1.82, 2.24) is 9.47 Å². The summed E-state index contributed by atoms with van der Waals surface area (Å²) in [5.41, 5.74) is -0.237. The second-order valence-corrected chi connectivity index (χ2v) is 6.58. The number of aromatic nitrogens is 1. The first-order valence-corrected chi connectivity index (χ1v) is 8.29. The molecule has 6 heteroatoms. The zero-order chi connectivity index (χ0) is 18.1. The van der Waals surface area contributed by atoms with Crippen LogP contribution in [0.25, 0.3) is 0 Å². The number of carbonyl (C=O) groups is 1. The van der Waals surface area contributed by atoms with Crippen molar-refractivity contribution in [2.45, 2.75) is 32.4 Å². The van der Waals surface area contributed by atoms with E-state index >= 15 is 0 Å². The molecule has 0 bridgehead atoms. The summed E-state index contributed by atoms with van der Waals surface area (Å²) in [6.45, 7) is 1.92. The quantitative estimate of drug-likeness (QED) is 0.835. The van der Waals surface area contributed by atoms with E-state index in [-0.39, 0.29) is 29.6 Å². The van der Waals surface area contributed by atoms with Crippen LogP contribution in [-0.4, -0.2) is 28.5 Å². The molecule has 132 valence electrons. The van der Waals surface area contributed by atoms with Crippen LogP contribution in [-0.2, 0) is 6.54 Å². The van der Waals surface area contributed by atoms with E-state index < -0.39 is 17.2 Å². The number of hydrogen-bond acceptors (Lipinski definition) is 2. The van der Waals surface area contributed by atoms with E-state index in [1.54, 1.807) is 18.0 Å². The molecule has 1 amide bonds. The molecule has 0 saturated heterocycles. The molecule has 1 aliphatic carbocycles. The van der Waals surface area contributed by atoms with Gasteiger partial charge in [-0.3, -0.25) is 9.59 Å². The monoisotopic (exact) mass is 346 g/mol. The molecule has 1 aliphatic rings. The highest BCUT2D eigenvalue weighted by Crippen LogP contribution is 2.34. The first-order valence-electron chi connectivity index (χ1n) is 8.29. The van der Waals surface area contributed by atoms with Crippen molar-refractivity contribution in [3.05, 3.63) is 69.6 Å². The van der Waals surface area contributed by atoms with Gasteiger partial charge in [0.25, 0.3) is 11.5 Å². The van der Waals surface area contributed by atoms with Gasteiger partial charge >= 0.3 is 0 Å². The van der Waals surface area contributed by atoms with Crippen LogP contribution in [0.1, 0.15) is 35.7 Å². The zero-order valence-corrected chi connectivity index (χ0v) is 14.2. The number of carbonyl (C=O) groups excluding carboxylic acids is 1. The van der Waals surface area contributed by atoms with Crippen LogP contribution in [0.3, 0.4) is 0 Å². The molecule has 1 saturated carbocycles. The van der Waals surface area contributed by atoms with Crippen molar-refractivity contribution < 1.29 is 13.6 Å². The highest BCUT2D eigenvalue weighted by atomic mass is 19.1. The van der Waals surface area contributed by atoms with Crippen molar-refractivity contribution in [1.29, 1.82) is 0 Å². The molecule has 0 radical (unpaired) electrons. The Balaban J connectivity index is 1.86. The van der Waals surface area contributed by atoms with Gasteiger partial charge in [-0.05, 0) is 43.9 Å². The Labute approximate surface area is 144 Å². The highest BCUT2D eigenvalue weighted by Gasteiger charge is 2.33. The predicted octanol–water partition coefficient (Wildman–Crippen LogP) is 3.05. The summed E-state index contributed by atoms with van der Waals surface area (Å²) >= 11 is 0. The normalized spacial score (nSPS) is 15.0. The van der Waals surface area contributed by atoms with Gasteiger partial charge in [-0.2, -0.15) is 0 Å². The Hall–Kier alpha value is -2.50. The number of pyridine rings is 1. The van der Waals surface area contributed by atoms with Crippen LogP contribution in [0.2, 0.25) is 0 Å². The Kier molecular flexibility index (Phi) is 4.70. The third kappa shape index (κ3) is 3.62. The summed E-state index contributed by atoms with van der Waals surface area (Å²) in [5.74, 6) is -1.23. The van der Waals surface area contributed by atoms with Crippen molar-refractivity contribution in [2.75, 3.05) is 7.05 Å². The molecule has 4 nitrogen and oxygen atoms in total. The van der Waals surface area contributed by atoms with Gasteiger partial charge in [0.15, 0.2) is 0 Å². The number of halogens is 2. The lowest BCUT2D eigenvalue weighted by Gasteiger charge is -2.24. The molecule has 0 aliphatic heterocycles. The van der Waals surface area contributed by atoms with Gasteiger partial charge in [0, 0.05) is 30.9 Å². The van der Waals surface area contributed by atoms with E-state index in [1.165, 1.54) is 22.9 Å². The zero-order valence-electron chi connectivity index (χ0n) is 14.2. The lowest BCUT2D eigenvalue weighted by Crippen LogP contribution is -2.40. The van der Waals surface area contributed by atoms with Crippen LogP contribution in [0.4, 0.5) is 8.78 Å². The minimum absolute atomic E-state index is 0.0556. The first-order chi connectivity index (χ1) is 11.9. The molecule has 1 fully saturated rings. The molecule has 1 aromatic heterocycles. The van der Waals surface area contributed by atoms with E-state index in [0.29, 0.717) is 5.92 Å². The molecular formula is C19H20F2N2O2. The molecule has 1 atom stereocenters. The molecular weight excluding hydrogens is 326 g/mol. The molecule has 0 spiro atoms. The van der Waals surface area contributed by atoms with Crippen LogP contribution >= 0.6 is 0 Å². The number of amides is 1. The summed E-state index contributed by atoms with van der Waals surface area (Å²) in [6.07, 6.45) is 3.69. The lowest BCUT2D eigenvalue weighted by atomic mass is 10.1. The Morgan fingerprint density at radius 1 is 1.32 bits per heavy atom. The largest absolute Gasteiger partial charge is 0.339 e. The number of benzene rings is 1. The summed E-state index contributed by atoms with van der Waals surface area (Å²) in [4.78, 5) is 26.9. The van der Waals surface area contributed by atoms with Gasteiger partial charge in [0.05, 0.1) is 6.54 Å². The van der Waals surface area contributed by atoms with Gasteiger partial charge in [-0.1, -0.05) is 6.07 Å². The molecule has 0 unspecified atom stereocenters. The fourth-order valence-corrected chi connectivity index (χ4v) is 2.93. The van der Waals surface area contributed by atoms with Crippen LogP contribution in [0, 0.1) is 17.6 Å². The minimum Gasteiger partial charge on any atom is -0.339 e. The van der Waals surface area contributed by atoms with Gasteiger partial charge in [0.2, 0.25) is 0 Å². The second kappa shape index (κ2) is 6.78. The number of rotatable bonds is 5. The summed E-state index contributed by atoms with van der Waals surface area (Å²) in [6, 6.07) is 6.37. The molecule has 1 aromatic carbocycles. The molecule has 2 aromatic rings. The molecule has 1 heterocycles. The van der Waals surface area contributed by atoms with Gasteiger partial charge in [-0.25, -0.2) is 8.78 Å². The van der Waals surface area contributed by atoms with Crippen molar-refractivity contribution in [3.63, 3.8) is 0 Å². The maximum atomic E-state index is 13.8. The summed E-state index contributed by atoms with van der Waals surface area (Å²) in [5, 5.41) is 0. The van der Waals surface area contributed by atoms with Gasteiger partial charge < -0.3 is 9.47 Å². The third-order valence-electron chi connectivity index (χ3n) is 4.84. The van der Waals surface area contributed by atoms with Crippen LogP contribution in [0.15, 0.2) is 41.3 Å². The SMILES string of the molecule is C[C@H](C1CC1)N(C)C(=O)c1cccn(Cc2ccc(F)cc2F)c1=O. The summed E-state index contributed by atoms with van der Waals surface area (Å²) < 4.78 is 28.1. The smallest absolute Gasteiger partial charge is 0.263 e. The van der Waals surface area contributed by atoms with Crippen molar-refractivity contribution >= 4 is 5.91 Å². The van der Waals surface area contributed by atoms with E-state index in [1.807, 2.05) is 6.92 Å². The fraction of sp³-hybridized carbons (Fsp3) is 0.368. The lowest BCUT2D eigenvalue weighted by molar-refractivity contribution is 0.0725. The molecule has 25 heavy (non-hydrogen) atoms. The Bertz CT molecular complexity index is 859. The van der Waals surface area contributed by atoms with E-state index in [4.69, 9.17) is 0 Å². The van der Waals surface area contributed by atoms with E-state index in [0.717, 1.165) is 25.0 Å². The number of hydrogen-bond donors (Lipinski definition) is 0. The minimum atomic E-state index is -0.719. The standard InChI is InChI=1S/C19H20F2N2O2/c1-12(13-5-6-13)22(2)18(24)16-4-3-9-23(19(16)25)11-14-7-8-15(20)10-17(14)21/h3-4,7-10,12-13H,5-6,11H2,1-2H3/t12-/m1/s1. The Morgan fingerprint density at radius 2 is 2.04 bits per heavy atom. The number of nitrogens with zero attached hydrogens (tertiary/aromatic N) is 2. The van der Waals surface area contributed by atoms with Gasteiger partial charge in [0.1, 0.15) is 17.2 Å². The van der Waals surface area contributed by atoms with Crippen LogP contribution < -0.4 is 5.56 Å². The van der Waals surface area contributed by atoms with Crippen LogP contribution in [0.5, 0.6) is 0 Å². The fourth-order valence-electron chi connectivity index (χ4n) is 2.93. The first kappa shape index (κ1) is 17.3.